The average molecular weight is 310 g/mol. The number of hydrogen-bond acceptors (Lipinski definition) is 7. The first-order valence-corrected chi connectivity index (χ1v) is 6.60. The van der Waals surface area contributed by atoms with Crippen LogP contribution >= 0.6 is 0 Å². The van der Waals surface area contributed by atoms with E-state index in [-0.39, 0.29) is 12.3 Å². The Kier molecular flexibility index (Phi) is 3.74. The number of rotatable bonds is 4. The van der Waals surface area contributed by atoms with Crippen molar-refractivity contribution >= 4 is 11.7 Å². The molecule has 1 aromatic carbocycles. The molecule has 1 fully saturated rings. The molecule has 0 saturated heterocycles. The Morgan fingerprint density at radius 1 is 1.26 bits per heavy atom. The highest BCUT2D eigenvalue weighted by molar-refractivity contribution is 5.91. The number of esters is 1. The zero-order valence-electron chi connectivity index (χ0n) is 12.0. The molecule has 0 amide bonds. The molecule has 1 saturated carbocycles. The van der Waals surface area contributed by atoms with Crippen LogP contribution in [-0.2, 0) is 9.53 Å². The molecule has 0 spiro atoms. The van der Waals surface area contributed by atoms with Crippen molar-refractivity contribution in [3.8, 4) is 18.2 Å². The maximum atomic E-state index is 12.2. The zero-order valence-corrected chi connectivity index (χ0v) is 12.0. The van der Waals surface area contributed by atoms with E-state index in [0.29, 0.717) is 5.56 Å². The predicted molar refractivity (Wildman–Crippen MR) is 74.2 cm³/mol. The summed E-state index contributed by atoms with van der Waals surface area (Å²) in [6, 6.07) is 10.3. The SMILES string of the molecule is CCOC(=O)C1(C#N)C(c2ccc([N+](=O)[O-])cc2)C1(C#N)C#N. The number of nitro benzene ring substituents is 1. The van der Waals surface area contributed by atoms with Gasteiger partial charge in [-0.15, -0.1) is 0 Å². The summed E-state index contributed by atoms with van der Waals surface area (Å²) in [6.07, 6.45) is 0. The third-order valence-corrected chi connectivity index (χ3v) is 3.97. The van der Waals surface area contributed by atoms with E-state index in [1.807, 2.05) is 0 Å². The minimum Gasteiger partial charge on any atom is -0.465 e. The van der Waals surface area contributed by atoms with Gasteiger partial charge in [-0.3, -0.25) is 14.9 Å². The summed E-state index contributed by atoms with van der Waals surface area (Å²) in [5.41, 5.74) is -3.65. The molecule has 2 atom stereocenters. The van der Waals surface area contributed by atoms with Gasteiger partial charge in [-0.05, 0) is 12.5 Å². The van der Waals surface area contributed by atoms with E-state index in [1.54, 1.807) is 25.1 Å². The number of benzene rings is 1. The summed E-state index contributed by atoms with van der Waals surface area (Å²) >= 11 is 0. The highest BCUT2D eigenvalue weighted by Gasteiger charge is 2.85. The van der Waals surface area contributed by atoms with Gasteiger partial charge in [0.2, 0.25) is 0 Å². The molecule has 8 nitrogen and oxygen atoms in total. The van der Waals surface area contributed by atoms with E-state index in [1.165, 1.54) is 24.3 Å². The number of carbonyl (C=O) groups is 1. The Bertz CT molecular complexity index is 783. The maximum absolute atomic E-state index is 12.2. The van der Waals surface area contributed by atoms with Crippen LogP contribution in [0.4, 0.5) is 5.69 Å². The van der Waals surface area contributed by atoms with Crippen LogP contribution in [0.5, 0.6) is 0 Å². The van der Waals surface area contributed by atoms with Gasteiger partial charge in [0, 0.05) is 12.1 Å². The Morgan fingerprint density at radius 3 is 2.22 bits per heavy atom. The molecule has 1 aliphatic carbocycles. The highest BCUT2D eigenvalue weighted by atomic mass is 16.6. The normalized spacial score (nSPS) is 23.7. The summed E-state index contributed by atoms with van der Waals surface area (Å²) in [7, 11) is 0. The van der Waals surface area contributed by atoms with Gasteiger partial charge in [-0.2, -0.15) is 15.8 Å². The maximum Gasteiger partial charge on any atom is 0.330 e. The van der Waals surface area contributed by atoms with E-state index in [2.05, 4.69) is 0 Å². The number of nitro groups is 1. The first kappa shape index (κ1) is 15.9. The quantitative estimate of drug-likeness (QED) is 0.469. The minimum atomic E-state index is -1.93. The zero-order chi connectivity index (χ0) is 17.3. The number of nitrogens with zero attached hydrogens (tertiary/aromatic N) is 4. The number of ether oxygens (including phenoxy) is 1. The standard InChI is InChI=1S/C15H10N4O4/c1-2-23-13(20)15(9-18)12(14(15,7-16)8-17)10-3-5-11(6-4-10)19(21)22/h3-6,12H,2H2,1H3. The van der Waals surface area contributed by atoms with Crippen LogP contribution in [0.3, 0.4) is 0 Å². The van der Waals surface area contributed by atoms with Gasteiger partial charge in [-0.25, -0.2) is 0 Å². The van der Waals surface area contributed by atoms with Gasteiger partial charge in [0.15, 0.2) is 10.8 Å². The molecule has 0 aliphatic heterocycles. The second-order valence-electron chi connectivity index (χ2n) is 4.95. The van der Waals surface area contributed by atoms with Crippen LogP contribution in [0.25, 0.3) is 0 Å². The molecular weight excluding hydrogens is 300 g/mol. The molecule has 1 aliphatic rings. The van der Waals surface area contributed by atoms with Crippen molar-refractivity contribution < 1.29 is 14.5 Å². The fourth-order valence-electron chi connectivity index (χ4n) is 2.82. The summed E-state index contributed by atoms with van der Waals surface area (Å²) in [6.45, 7) is 1.55. The van der Waals surface area contributed by atoms with Crippen molar-refractivity contribution in [3.63, 3.8) is 0 Å². The summed E-state index contributed by atoms with van der Waals surface area (Å²) in [4.78, 5) is 22.3. The molecule has 2 unspecified atom stereocenters. The lowest BCUT2D eigenvalue weighted by atomic mass is 9.97. The number of nitriles is 3. The van der Waals surface area contributed by atoms with E-state index in [4.69, 9.17) is 4.74 Å². The van der Waals surface area contributed by atoms with E-state index in [0.717, 1.165) is 0 Å². The van der Waals surface area contributed by atoms with Gasteiger partial charge in [0.05, 0.1) is 35.7 Å². The lowest BCUT2D eigenvalue weighted by molar-refractivity contribution is -0.384. The van der Waals surface area contributed by atoms with Crippen molar-refractivity contribution in [2.75, 3.05) is 6.61 Å². The average Bonchev–Trinajstić information content (AvgIpc) is 3.19. The second kappa shape index (κ2) is 5.40. The largest absolute Gasteiger partial charge is 0.465 e. The van der Waals surface area contributed by atoms with Crippen molar-refractivity contribution in [2.45, 2.75) is 12.8 Å². The fourth-order valence-corrected chi connectivity index (χ4v) is 2.82. The molecule has 0 bridgehead atoms. The first-order valence-electron chi connectivity index (χ1n) is 6.60. The van der Waals surface area contributed by atoms with Crippen LogP contribution in [0.15, 0.2) is 24.3 Å². The van der Waals surface area contributed by atoms with E-state index in [9.17, 15) is 30.7 Å². The lowest BCUT2D eigenvalue weighted by Gasteiger charge is -2.07. The molecule has 0 radical (unpaired) electrons. The lowest BCUT2D eigenvalue weighted by Crippen LogP contribution is -2.24. The topological polar surface area (TPSA) is 141 Å². The van der Waals surface area contributed by atoms with Gasteiger partial charge >= 0.3 is 5.97 Å². The van der Waals surface area contributed by atoms with E-state index >= 15 is 0 Å². The number of non-ortho nitro benzene ring substituents is 1. The molecule has 8 heteroatoms. The molecule has 0 heterocycles. The van der Waals surface area contributed by atoms with E-state index < -0.39 is 27.6 Å². The Morgan fingerprint density at radius 2 is 1.83 bits per heavy atom. The van der Waals surface area contributed by atoms with Crippen LogP contribution in [0.2, 0.25) is 0 Å². The van der Waals surface area contributed by atoms with Gasteiger partial charge in [0.25, 0.3) is 5.69 Å². The molecule has 2 rings (SSSR count). The second-order valence-corrected chi connectivity index (χ2v) is 4.95. The van der Waals surface area contributed by atoms with Crippen LogP contribution in [-0.4, -0.2) is 17.5 Å². The molecule has 0 aromatic heterocycles. The third kappa shape index (κ3) is 1.91. The van der Waals surface area contributed by atoms with Gasteiger partial charge in [0.1, 0.15) is 0 Å². The molecule has 0 N–H and O–H groups in total. The van der Waals surface area contributed by atoms with Crippen molar-refractivity contribution in [1.29, 1.82) is 15.8 Å². The minimum absolute atomic E-state index is 0.00216. The van der Waals surface area contributed by atoms with Gasteiger partial charge < -0.3 is 4.74 Å². The predicted octanol–water partition coefficient (Wildman–Crippen LogP) is 1.80. The molecule has 23 heavy (non-hydrogen) atoms. The molecular formula is C15H10N4O4. The summed E-state index contributed by atoms with van der Waals surface area (Å²) < 4.78 is 4.86. The first-order chi connectivity index (χ1) is 10.9. The number of carbonyl (C=O) groups excluding carboxylic acids is 1. The molecule has 114 valence electrons. The highest BCUT2D eigenvalue weighted by Crippen LogP contribution is 2.74. The fraction of sp³-hybridized carbons (Fsp3) is 0.333. The van der Waals surface area contributed by atoms with Crippen molar-refractivity contribution in [3.05, 3.63) is 39.9 Å². The Labute approximate surface area is 131 Å². The van der Waals surface area contributed by atoms with Crippen LogP contribution in [0, 0.1) is 54.9 Å². The van der Waals surface area contributed by atoms with Gasteiger partial charge in [-0.1, -0.05) is 12.1 Å². The Hall–Kier alpha value is -3.44. The van der Waals surface area contributed by atoms with Crippen molar-refractivity contribution in [1.82, 2.24) is 0 Å². The summed E-state index contributed by atoms with van der Waals surface area (Å²) in [5.74, 6) is -1.95. The Balaban J connectivity index is 2.54. The monoisotopic (exact) mass is 310 g/mol. The molecule has 1 aromatic rings. The smallest absolute Gasteiger partial charge is 0.330 e. The number of hydrogen-bond donors (Lipinski definition) is 0. The van der Waals surface area contributed by atoms with Crippen LogP contribution in [0.1, 0.15) is 18.4 Å². The summed E-state index contributed by atoms with van der Waals surface area (Å²) in [5, 5.41) is 38.9. The third-order valence-electron chi connectivity index (χ3n) is 3.97. The van der Waals surface area contributed by atoms with Crippen LogP contribution < -0.4 is 0 Å². The van der Waals surface area contributed by atoms with Crippen molar-refractivity contribution in [2.24, 2.45) is 10.8 Å².